The number of anilines is 1. The summed E-state index contributed by atoms with van der Waals surface area (Å²) in [5.41, 5.74) is 8.40. The van der Waals surface area contributed by atoms with Gasteiger partial charge in [0.25, 0.3) is 0 Å². The number of pyridine rings is 2. The van der Waals surface area contributed by atoms with Crippen molar-refractivity contribution in [3.63, 3.8) is 0 Å². The highest BCUT2D eigenvalue weighted by molar-refractivity contribution is 5.92. The molecule has 1 aromatic carbocycles. The number of carbonyl (C=O) groups excluding carboxylic acids is 1. The van der Waals surface area contributed by atoms with Crippen molar-refractivity contribution in [2.45, 2.75) is 6.92 Å². The van der Waals surface area contributed by atoms with Gasteiger partial charge in [-0.05, 0) is 30.7 Å². The third-order valence-corrected chi connectivity index (χ3v) is 3.85. The third-order valence-electron chi connectivity index (χ3n) is 3.85. The lowest BCUT2D eigenvalue weighted by Gasteiger charge is -2.11. The van der Waals surface area contributed by atoms with Gasteiger partial charge < -0.3 is 20.3 Å². The molecule has 3 aromatic rings. The molecule has 128 valence electrons. The number of aromatic hydroxyl groups is 1. The Labute approximate surface area is 144 Å². The highest BCUT2D eigenvalue weighted by atomic mass is 16.5. The summed E-state index contributed by atoms with van der Waals surface area (Å²) >= 11 is 0. The van der Waals surface area contributed by atoms with Crippen LogP contribution in [-0.2, 0) is 4.74 Å². The summed E-state index contributed by atoms with van der Waals surface area (Å²) < 4.78 is 9.88. The second kappa shape index (κ2) is 6.27. The number of rotatable bonds is 3. The van der Waals surface area contributed by atoms with E-state index in [0.717, 1.165) is 0 Å². The Kier molecular flexibility index (Phi) is 4.14. The average molecular weight is 339 g/mol. The molecule has 0 aliphatic heterocycles. The number of fused-ring (bicyclic) bond motifs is 1. The zero-order valence-electron chi connectivity index (χ0n) is 14.0. The highest BCUT2D eigenvalue weighted by Crippen LogP contribution is 2.32. The number of hydrogen-bond donors (Lipinski definition) is 2. The van der Waals surface area contributed by atoms with Crippen LogP contribution in [0.1, 0.15) is 16.1 Å². The summed E-state index contributed by atoms with van der Waals surface area (Å²) in [6.45, 7) is 1.73. The Balaban J connectivity index is 2.19. The summed E-state index contributed by atoms with van der Waals surface area (Å²) in [4.78, 5) is 20.6. The Morgan fingerprint density at radius 1 is 1.16 bits per heavy atom. The fraction of sp³-hybridized carbons (Fsp3) is 0.167. The molecule has 0 aliphatic carbocycles. The topological polar surface area (TPSA) is 108 Å². The van der Waals surface area contributed by atoms with Crippen molar-refractivity contribution >= 4 is 22.6 Å². The van der Waals surface area contributed by atoms with Crippen molar-refractivity contribution in [3.05, 3.63) is 41.6 Å². The number of hydrogen-bond acceptors (Lipinski definition) is 7. The predicted molar refractivity (Wildman–Crippen MR) is 93.7 cm³/mol. The SMILES string of the molecule is COC(=O)c1nc(-c2ccc3cc(OC)cc(O)c3n2)c(N)cc1C. The van der Waals surface area contributed by atoms with Gasteiger partial charge in [0, 0.05) is 11.5 Å². The van der Waals surface area contributed by atoms with Gasteiger partial charge in [0.05, 0.1) is 25.6 Å². The second-order valence-electron chi connectivity index (χ2n) is 5.50. The van der Waals surface area contributed by atoms with E-state index in [1.165, 1.54) is 20.3 Å². The lowest BCUT2D eigenvalue weighted by molar-refractivity contribution is 0.0593. The van der Waals surface area contributed by atoms with Crippen LogP contribution in [0.15, 0.2) is 30.3 Å². The van der Waals surface area contributed by atoms with Crippen LogP contribution in [0.4, 0.5) is 5.69 Å². The number of carbonyl (C=O) groups is 1. The smallest absolute Gasteiger partial charge is 0.356 e. The molecule has 7 heteroatoms. The van der Waals surface area contributed by atoms with Crippen molar-refractivity contribution in [3.8, 4) is 22.9 Å². The van der Waals surface area contributed by atoms with Gasteiger partial charge in [-0.1, -0.05) is 6.07 Å². The number of nitrogens with zero attached hydrogens (tertiary/aromatic N) is 2. The Bertz CT molecular complexity index is 986. The molecule has 0 bridgehead atoms. The Hall–Kier alpha value is -3.35. The molecule has 3 rings (SSSR count). The number of benzene rings is 1. The molecule has 0 radical (unpaired) electrons. The number of phenolic OH excluding ortho intramolecular Hbond substituents is 1. The average Bonchev–Trinajstić information content (AvgIpc) is 2.61. The van der Waals surface area contributed by atoms with Crippen molar-refractivity contribution in [2.75, 3.05) is 20.0 Å². The number of nitrogens with two attached hydrogens (primary N) is 1. The van der Waals surface area contributed by atoms with E-state index in [2.05, 4.69) is 9.97 Å². The fourth-order valence-corrected chi connectivity index (χ4v) is 2.58. The maximum absolute atomic E-state index is 11.9. The van der Waals surface area contributed by atoms with E-state index < -0.39 is 5.97 Å². The minimum atomic E-state index is -0.549. The number of esters is 1. The number of methoxy groups -OCH3 is 2. The van der Waals surface area contributed by atoms with Gasteiger partial charge in [0.2, 0.25) is 0 Å². The fourth-order valence-electron chi connectivity index (χ4n) is 2.58. The number of nitrogen functional groups attached to an aromatic ring is 1. The molecule has 0 spiro atoms. The minimum Gasteiger partial charge on any atom is -0.506 e. The molecule has 0 fully saturated rings. The van der Waals surface area contributed by atoms with E-state index in [9.17, 15) is 9.90 Å². The van der Waals surface area contributed by atoms with E-state index in [1.807, 2.05) is 0 Å². The summed E-state index contributed by atoms with van der Waals surface area (Å²) in [7, 11) is 2.81. The van der Waals surface area contributed by atoms with E-state index in [1.54, 1.807) is 31.2 Å². The number of aryl methyl sites for hydroxylation is 1. The van der Waals surface area contributed by atoms with Crippen molar-refractivity contribution in [1.82, 2.24) is 9.97 Å². The summed E-state index contributed by atoms with van der Waals surface area (Å²) in [6, 6.07) is 8.38. The molecule has 0 aliphatic rings. The monoisotopic (exact) mass is 339 g/mol. The number of phenols is 1. The number of aromatic nitrogens is 2. The second-order valence-corrected chi connectivity index (χ2v) is 5.50. The molecule has 2 heterocycles. The van der Waals surface area contributed by atoms with E-state index >= 15 is 0 Å². The maximum atomic E-state index is 11.9. The lowest BCUT2D eigenvalue weighted by Crippen LogP contribution is -2.09. The van der Waals surface area contributed by atoms with Crippen LogP contribution < -0.4 is 10.5 Å². The highest BCUT2D eigenvalue weighted by Gasteiger charge is 2.17. The largest absolute Gasteiger partial charge is 0.506 e. The van der Waals surface area contributed by atoms with Gasteiger partial charge in [-0.3, -0.25) is 0 Å². The van der Waals surface area contributed by atoms with Gasteiger partial charge >= 0.3 is 5.97 Å². The Morgan fingerprint density at radius 2 is 1.92 bits per heavy atom. The molecule has 7 nitrogen and oxygen atoms in total. The maximum Gasteiger partial charge on any atom is 0.356 e. The van der Waals surface area contributed by atoms with Crippen LogP contribution in [0.25, 0.3) is 22.3 Å². The summed E-state index contributed by atoms with van der Waals surface area (Å²) in [6.07, 6.45) is 0. The minimum absolute atomic E-state index is 0.0184. The molecule has 0 atom stereocenters. The first-order chi connectivity index (χ1) is 11.9. The van der Waals surface area contributed by atoms with E-state index in [4.69, 9.17) is 15.2 Å². The van der Waals surface area contributed by atoms with Crippen LogP contribution >= 0.6 is 0 Å². The molecular formula is C18H17N3O4. The van der Waals surface area contributed by atoms with Gasteiger partial charge in [-0.2, -0.15) is 0 Å². The summed E-state index contributed by atoms with van der Waals surface area (Å²) in [5, 5.41) is 10.9. The van der Waals surface area contributed by atoms with Gasteiger partial charge in [-0.25, -0.2) is 14.8 Å². The van der Waals surface area contributed by atoms with Crippen LogP contribution in [-0.4, -0.2) is 35.3 Å². The molecule has 0 unspecified atom stereocenters. The molecule has 0 amide bonds. The quantitative estimate of drug-likeness (QED) is 0.706. The first-order valence-corrected chi connectivity index (χ1v) is 7.48. The van der Waals surface area contributed by atoms with E-state index in [0.29, 0.717) is 39.3 Å². The van der Waals surface area contributed by atoms with E-state index in [-0.39, 0.29) is 11.4 Å². The van der Waals surface area contributed by atoms with Crippen molar-refractivity contribution in [2.24, 2.45) is 0 Å². The molecule has 0 saturated carbocycles. The molecule has 3 N–H and O–H groups in total. The molecule has 25 heavy (non-hydrogen) atoms. The first kappa shape index (κ1) is 16.5. The van der Waals surface area contributed by atoms with Crippen LogP contribution in [0.5, 0.6) is 11.5 Å². The predicted octanol–water partition coefficient (Wildman–Crippen LogP) is 2.69. The van der Waals surface area contributed by atoms with Crippen LogP contribution in [0, 0.1) is 6.92 Å². The van der Waals surface area contributed by atoms with Crippen LogP contribution in [0.3, 0.4) is 0 Å². The standard InChI is InChI=1S/C18H17N3O4/c1-9-6-12(19)17(21-15(9)18(23)25-3)13-5-4-10-7-11(24-2)8-14(22)16(10)20-13/h4-8,22H,19H2,1-3H3. The third kappa shape index (κ3) is 2.91. The van der Waals surface area contributed by atoms with Gasteiger partial charge in [0.1, 0.15) is 22.7 Å². The van der Waals surface area contributed by atoms with Crippen molar-refractivity contribution in [1.29, 1.82) is 0 Å². The Morgan fingerprint density at radius 3 is 2.60 bits per heavy atom. The van der Waals surface area contributed by atoms with Gasteiger partial charge in [0.15, 0.2) is 5.69 Å². The molecular weight excluding hydrogens is 322 g/mol. The zero-order valence-corrected chi connectivity index (χ0v) is 14.0. The zero-order chi connectivity index (χ0) is 18.1. The van der Waals surface area contributed by atoms with Crippen LogP contribution in [0.2, 0.25) is 0 Å². The molecule has 0 saturated heterocycles. The summed E-state index contributed by atoms with van der Waals surface area (Å²) in [5.74, 6) is -0.0392. The normalized spacial score (nSPS) is 10.7. The van der Waals surface area contributed by atoms with Gasteiger partial charge in [-0.15, -0.1) is 0 Å². The number of ether oxygens (including phenoxy) is 2. The molecule has 2 aromatic heterocycles. The first-order valence-electron chi connectivity index (χ1n) is 7.48. The van der Waals surface area contributed by atoms with Crippen molar-refractivity contribution < 1.29 is 19.4 Å². The lowest BCUT2D eigenvalue weighted by atomic mass is 10.1.